The number of aryl methyl sites for hydroxylation is 4. The van der Waals surface area contributed by atoms with E-state index in [-0.39, 0.29) is 11.7 Å². The van der Waals surface area contributed by atoms with Crippen LogP contribution in [0.5, 0.6) is 5.75 Å². The minimum absolute atomic E-state index is 0.0814. The molecule has 4 rings (SSSR count). The zero-order chi connectivity index (χ0) is 21.6. The molecular weight excluding hydrogens is 380 g/mol. The Morgan fingerprint density at radius 3 is 2.50 bits per heavy atom. The summed E-state index contributed by atoms with van der Waals surface area (Å²) in [7, 11) is 1.85. The van der Waals surface area contributed by atoms with Crippen molar-refractivity contribution in [2.75, 3.05) is 0 Å². The molecule has 0 amide bonds. The fourth-order valence-electron chi connectivity index (χ4n) is 3.81. The summed E-state index contributed by atoms with van der Waals surface area (Å²) in [6.07, 6.45) is 0.117. The number of hydrogen-bond acceptors (Lipinski definition) is 5. The fourth-order valence-corrected chi connectivity index (χ4v) is 3.81. The molecule has 0 fully saturated rings. The molecule has 7 heteroatoms. The monoisotopic (exact) mass is 406 g/mol. The summed E-state index contributed by atoms with van der Waals surface area (Å²) in [6, 6.07) is 9.31. The fraction of sp³-hybridized carbons (Fsp3) is 0.348. The SMILES string of the molecule is Cc1oc(-c2ccc(OC(C)C)cc2)nc1Cn1c(=O)cc(C)c2c(C)nn(C)c21. The van der Waals surface area contributed by atoms with Crippen molar-refractivity contribution in [2.24, 2.45) is 7.05 Å². The van der Waals surface area contributed by atoms with E-state index in [1.165, 1.54) is 0 Å². The third-order valence-corrected chi connectivity index (χ3v) is 5.12. The lowest BCUT2D eigenvalue weighted by atomic mass is 10.1. The Balaban J connectivity index is 1.71. The Bertz CT molecular complexity index is 1280. The Morgan fingerprint density at radius 2 is 1.83 bits per heavy atom. The van der Waals surface area contributed by atoms with Crippen molar-refractivity contribution in [1.82, 2.24) is 19.3 Å². The van der Waals surface area contributed by atoms with Crippen LogP contribution in [0.25, 0.3) is 22.5 Å². The Morgan fingerprint density at radius 1 is 1.13 bits per heavy atom. The Labute approximate surface area is 174 Å². The topological polar surface area (TPSA) is 75.1 Å². The summed E-state index contributed by atoms with van der Waals surface area (Å²) in [5, 5.41) is 5.50. The second-order valence-corrected chi connectivity index (χ2v) is 7.87. The quantitative estimate of drug-likeness (QED) is 0.498. The van der Waals surface area contributed by atoms with E-state index < -0.39 is 0 Å². The van der Waals surface area contributed by atoms with Crippen molar-refractivity contribution in [2.45, 2.75) is 47.3 Å². The highest BCUT2D eigenvalue weighted by Crippen LogP contribution is 2.26. The molecule has 30 heavy (non-hydrogen) atoms. The third kappa shape index (κ3) is 3.51. The van der Waals surface area contributed by atoms with Crippen LogP contribution in [0.15, 0.2) is 39.5 Å². The summed E-state index contributed by atoms with van der Waals surface area (Å²) in [5.41, 5.74) is 4.12. The molecule has 0 unspecified atom stereocenters. The maximum absolute atomic E-state index is 12.8. The molecular formula is C23H26N4O3. The number of oxazole rings is 1. The van der Waals surface area contributed by atoms with Gasteiger partial charge in [0.1, 0.15) is 22.9 Å². The molecule has 0 saturated carbocycles. The van der Waals surface area contributed by atoms with Crippen LogP contribution in [-0.2, 0) is 13.6 Å². The number of pyridine rings is 1. The molecule has 0 aliphatic carbocycles. The van der Waals surface area contributed by atoms with Gasteiger partial charge in [0.05, 0.1) is 18.3 Å². The van der Waals surface area contributed by atoms with Gasteiger partial charge in [-0.05, 0) is 64.4 Å². The van der Waals surface area contributed by atoms with Gasteiger partial charge < -0.3 is 9.15 Å². The van der Waals surface area contributed by atoms with Gasteiger partial charge in [0.2, 0.25) is 5.89 Å². The molecule has 0 radical (unpaired) electrons. The van der Waals surface area contributed by atoms with Gasteiger partial charge in [-0.25, -0.2) is 4.98 Å². The molecule has 0 bridgehead atoms. The van der Waals surface area contributed by atoms with Gasteiger partial charge in [-0.2, -0.15) is 5.10 Å². The maximum Gasteiger partial charge on any atom is 0.252 e. The van der Waals surface area contributed by atoms with Crippen molar-refractivity contribution in [3.8, 4) is 17.2 Å². The summed E-state index contributed by atoms with van der Waals surface area (Å²) >= 11 is 0. The maximum atomic E-state index is 12.8. The number of hydrogen-bond donors (Lipinski definition) is 0. The summed E-state index contributed by atoms with van der Waals surface area (Å²) in [4.78, 5) is 17.5. The van der Waals surface area contributed by atoms with Gasteiger partial charge >= 0.3 is 0 Å². The molecule has 3 aromatic heterocycles. The van der Waals surface area contributed by atoms with Crippen LogP contribution in [0.4, 0.5) is 0 Å². The van der Waals surface area contributed by atoms with E-state index >= 15 is 0 Å². The van der Waals surface area contributed by atoms with E-state index in [9.17, 15) is 4.79 Å². The summed E-state index contributed by atoms with van der Waals surface area (Å²) in [6.45, 7) is 10.1. The second-order valence-electron chi connectivity index (χ2n) is 7.87. The predicted octanol–water partition coefficient (Wildman–Crippen LogP) is 4.15. The molecule has 3 heterocycles. The van der Waals surface area contributed by atoms with Crippen molar-refractivity contribution < 1.29 is 9.15 Å². The van der Waals surface area contributed by atoms with Crippen LogP contribution in [0.1, 0.15) is 36.6 Å². The van der Waals surface area contributed by atoms with E-state index in [2.05, 4.69) is 10.1 Å². The van der Waals surface area contributed by atoms with Crippen molar-refractivity contribution in [3.05, 3.63) is 63.4 Å². The van der Waals surface area contributed by atoms with Crippen LogP contribution in [0, 0.1) is 20.8 Å². The number of benzene rings is 1. The van der Waals surface area contributed by atoms with Crippen LogP contribution in [0.3, 0.4) is 0 Å². The first-order valence-electron chi connectivity index (χ1n) is 10.0. The van der Waals surface area contributed by atoms with Gasteiger partial charge in [-0.15, -0.1) is 0 Å². The Hall–Kier alpha value is -3.35. The molecule has 0 spiro atoms. The van der Waals surface area contributed by atoms with Crippen LogP contribution >= 0.6 is 0 Å². The van der Waals surface area contributed by atoms with Crippen molar-refractivity contribution in [1.29, 1.82) is 0 Å². The van der Waals surface area contributed by atoms with Gasteiger partial charge in [-0.1, -0.05) is 0 Å². The zero-order valence-corrected chi connectivity index (χ0v) is 18.2. The summed E-state index contributed by atoms with van der Waals surface area (Å²) < 4.78 is 15.1. The zero-order valence-electron chi connectivity index (χ0n) is 18.2. The van der Waals surface area contributed by atoms with E-state index in [4.69, 9.17) is 9.15 Å². The lowest BCUT2D eigenvalue weighted by Crippen LogP contribution is -2.22. The molecule has 0 aliphatic heterocycles. The normalized spacial score (nSPS) is 11.6. The van der Waals surface area contributed by atoms with Gasteiger partial charge in [0, 0.05) is 24.1 Å². The van der Waals surface area contributed by atoms with Crippen LogP contribution < -0.4 is 10.3 Å². The highest BCUT2D eigenvalue weighted by molar-refractivity contribution is 5.82. The second kappa shape index (κ2) is 7.48. The van der Waals surface area contributed by atoms with E-state index in [0.29, 0.717) is 18.2 Å². The molecule has 0 N–H and O–H groups in total. The number of nitrogens with zero attached hydrogens (tertiary/aromatic N) is 4. The number of aromatic nitrogens is 4. The molecule has 156 valence electrons. The number of ether oxygens (including phenoxy) is 1. The van der Waals surface area contributed by atoms with E-state index in [1.807, 2.05) is 65.9 Å². The highest BCUT2D eigenvalue weighted by atomic mass is 16.5. The number of fused-ring (bicyclic) bond motifs is 1. The van der Waals surface area contributed by atoms with Crippen molar-refractivity contribution in [3.63, 3.8) is 0 Å². The minimum Gasteiger partial charge on any atom is -0.491 e. The molecule has 1 aromatic carbocycles. The first-order chi connectivity index (χ1) is 14.2. The largest absolute Gasteiger partial charge is 0.491 e. The van der Waals surface area contributed by atoms with E-state index in [1.54, 1.807) is 15.3 Å². The molecule has 4 aromatic rings. The average molecular weight is 406 g/mol. The Kier molecular flexibility index (Phi) is 4.97. The third-order valence-electron chi connectivity index (χ3n) is 5.12. The summed E-state index contributed by atoms with van der Waals surface area (Å²) in [5.74, 6) is 2.01. The van der Waals surface area contributed by atoms with Crippen LogP contribution in [0.2, 0.25) is 0 Å². The standard InChI is InChI=1S/C23H26N4O3/c1-13(2)29-18-9-7-17(8-10-18)22-24-19(16(5)30-22)12-27-20(28)11-14(3)21-15(4)25-26(6)23(21)27/h7-11,13H,12H2,1-6H3. The van der Waals surface area contributed by atoms with Gasteiger partial charge in [0.25, 0.3) is 5.56 Å². The molecule has 0 atom stereocenters. The van der Waals surface area contributed by atoms with Crippen molar-refractivity contribution >= 4 is 11.0 Å². The lowest BCUT2D eigenvalue weighted by Gasteiger charge is -2.09. The van der Waals surface area contributed by atoms with Gasteiger partial charge in [0.15, 0.2) is 0 Å². The highest BCUT2D eigenvalue weighted by Gasteiger charge is 2.18. The van der Waals surface area contributed by atoms with E-state index in [0.717, 1.165) is 39.3 Å². The first-order valence-corrected chi connectivity index (χ1v) is 10.0. The lowest BCUT2D eigenvalue weighted by molar-refractivity contribution is 0.242. The molecule has 0 saturated heterocycles. The predicted molar refractivity (Wildman–Crippen MR) is 116 cm³/mol. The molecule has 7 nitrogen and oxygen atoms in total. The number of rotatable bonds is 5. The van der Waals surface area contributed by atoms with Crippen LogP contribution in [-0.4, -0.2) is 25.4 Å². The van der Waals surface area contributed by atoms with Gasteiger partial charge in [-0.3, -0.25) is 14.0 Å². The smallest absolute Gasteiger partial charge is 0.252 e. The first kappa shape index (κ1) is 19.9. The average Bonchev–Trinajstić information content (AvgIpc) is 3.18. The molecule has 0 aliphatic rings. The minimum atomic E-state index is -0.0814.